The van der Waals surface area contributed by atoms with E-state index >= 15 is 0 Å². The molecule has 6 N–H and O–H groups in total. The number of nitrogens with one attached hydrogen (secondary N) is 2. The fourth-order valence-corrected chi connectivity index (χ4v) is 12.7. The lowest BCUT2D eigenvalue weighted by Gasteiger charge is -2.69. The lowest BCUT2D eigenvalue weighted by atomic mass is 9.39. The number of carboxylic acids is 1. The number of carbonyl (C=O) groups is 1. The minimum atomic E-state index is -1.14. The summed E-state index contributed by atoms with van der Waals surface area (Å²) >= 11 is 1.53. The van der Waals surface area contributed by atoms with E-state index in [4.69, 9.17) is 35.3 Å². The molecule has 4 heterocycles. The van der Waals surface area contributed by atoms with E-state index in [9.17, 15) is 9.90 Å². The van der Waals surface area contributed by atoms with Crippen molar-refractivity contribution in [2.24, 2.45) is 27.0 Å². The number of thiazole rings is 1. The fourth-order valence-electron chi connectivity index (χ4n) is 11.8. The Morgan fingerprint density at radius 1 is 1.05 bits per heavy atom. The second-order valence-electron chi connectivity index (χ2n) is 18.5. The molecule has 2 unspecified atom stereocenters. The van der Waals surface area contributed by atoms with Crippen LogP contribution in [0.25, 0.3) is 15.8 Å². The Labute approximate surface area is 356 Å². The first kappa shape index (κ1) is 42.0. The van der Waals surface area contributed by atoms with Gasteiger partial charge in [-0.05, 0) is 125 Å². The molecule has 0 amide bonds. The molecule has 4 bridgehead atoms. The molecule has 1 aromatic carbocycles. The summed E-state index contributed by atoms with van der Waals surface area (Å²) in [5.41, 5.74) is 10.9. The summed E-state index contributed by atoms with van der Waals surface area (Å²) in [6.07, 6.45) is 11.4. The monoisotopic (exact) mass is 837 g/mol. The molecular weight excluding hydrogens is 779 g/mol. The normalized spacial score (nSPS) is 26.1. The number of benzene rings is 1. The van der Waals surface area contributed by atoms with Crippen molar-refractivity contribution in [1.82, 2.24) is 25.5 Å². The molecule has 60 heavy (non-hydrogen) atoms. The van der Waals surface area contributed by atoms with Crippen LogP contribution in [0.4, 0.5) is 22.6 Å². The van der Waals surface area contributed by atoms with Crippen molar-refractivity contribution in [2.75, 3.05) is 56.7 Å². The molecular formula is C45H59N9O5S. The van der Waals surface area contributed by atoms with Crippen LogP contribution in [-0.2, 0) is 11.2 Å². The van der Waals surface area contributed by atoms with Gasteiger partial charge < -0.3 is 41.0 Å². The number of fused-ring (bicyclic) bond motifs is 2. The average Bonchev–Trinajstić information content (AvgIpc) is 3.61. The fraction of sp³-hybridized carbons (Fsp3) is 0.556. The van der Waals surface area contributed by atoms with E-state index < -0.39 is 5.97 Å². The third kappa shape index (κ3) is 8.33. The van der Waals surface area contributed by atoms with Gasteiger partial charge in [0.25, 0.3) is 0 Å². The first-order valence-electron chi connectivity index (χ1n) is 21.3. The zero-order valence-corrected chi connectivity index (χ0v) is 36.4. The largest absolute Gasteiger partial charge is 0.497 e. The molecule has 5 aliphatic rings. The van der Waals surface area contributed by atoms with Gasteiger partial charge in [-0.15, -0.1) is 10.2 Å². The SMILES string of the molecule is COc1ccc2sc(Nc3nnc4c(c3C)CCCN4c3ccc(/C(=C/N)C(C)=NCC45CC6(C)CC(C)(C4)CC(OCCNCCCCO)(C6)C5)c(C(=O)O)n3)nc2c1. The first-order valence-corrected chi connectivity index (χ1v) is 22.1. The number of rotatable bonds is 17. The van der Waals surface area contributed by atoms with Crippen molar-refractivity contribution >= 4 is 61.4 Å². The highest BCUT2D eigenvalue weighted by Crippen LogP contribution is 2.71. The predicted molar refractivity (Wildman–Crippen MR) is 237 cm³/mol. The van der Waals surface area contributed by atoms with E-state index in [1.807, 2.05) is 43.0 Å². The number of hydrogen-bond acceptors (Lipinski definition) is 14. The maximum Gasteiger partial charge on any atom is 0.355 e. The molecule has 4 aromatic rings. The topological polar surface area (TPSA) is 193 Å². The Morgan fingerprint density at radius 2 is 1.85 bits per heavy atom. The van der Waals surface area contributed by atoms with E-state index in [1.54, 1.807) is 13.2 Å². The number of hydrogen-bond donors (Lipinski definition) is 5. The second-order valence-corrected chi connectivity index (χ2v) is 19.5. The van der Waals surface area contributed by atoms with Crippen molar-refractivity contribution in [3.8, 4) is 5.75 Å². The van der Waals surface area contributed by atoms with Crippen LogP contribution in [0.1, 0.15) is 106 Å². The average molecular weight is 838 g/mol. The van der Waals surface area contributed by atoms with E-state index in [0.717, 1.165) is 98.0 Å². The molecule has 0 radical (unpaired) electrons. The molecule has 3 aromatic heterocycles. The van der Waals surface area contributed by atoms with Gasteiger partial charge in [0.15, 0.2) is 22.5 Å². The predicted octanol–water partition coefficient (Wildman–Crippen LogP) is 7.58. The third-order valence-electron chi connectivity index (χ3n) is 13.2. The Kier molecular flexibility index (Phi) is 11.6. The minimum absolute atomic E-state index is 0.00968. The Balaban J connectivity index is 1.00. The molecule has 2 atom stereocenters. The van der Waals surface area contributed by atoms with Gasteiger partial charge in [-0.2, -0.15) is 0 Å². The molecule has 0 spiro atoms. The van der Waals surface area contributed by atoms with E-state index in [2.05, 4.69) is 34.7 Å². The summed E-state index contributed by atoms with van der Waals surface area (Å²) in [6.45, 7) is 12.6. The maximum absolute atomic E-state index is 12.9. The molecule has 1 aliphatic heterocycles. The van der Waals surface area contributed by atoms with Crippen molar-refractivity contribution < 1.29 is 24.5 Å². The molecule has 4 fully saturated rings. The summed E-state index contributed by atoms with van der Waals surface area (Å²) in [5.74, 6) is 1.38. The number of methoxy groups -OCH3 is 1. The number of unbranched alkanes of at least 4 members (excludes halogenated alkanes) is 1. The number of ether oxygens (including phenoxy) is 2. The lowest BCUT2D eigenvalue weighted by molar-refractivity contribution is -0.241. The summed E-state index contributed by atoms with van der Waals surface area (Å²) in [5, 5.41) is 36.4. The van der Waals surface area contributed by atoms with Crippen LogP contribution in [0.2, 0.25) is 0 Å². The van der Waals surface area contributed by atoms with Crippen LogP contribution in [0.5, 0.6) is 5.75 Å². The highest BCUT2D eigenvalue weighted by atomic mass is 32.1. The van der Waals surface area contributed by atoms with Crippen LogP contribution in [-0.4, -0.2) is 94.2 Å². The van der Waals surface area contributed by atoms with Gasteiger partial charge in [-0.25, -0.2) is 14.8 Å². The number of nitrogens with zero attached hydrogens (tertiary/aromatic N) is 6. The number of aliphatic hydroxyl groups is 1. The smallest absolute Gasteiger partial charge is 0.355 e. The van der Waals surface area contributed by atoms with Crippen molar-refractivity contribution in [3.05, 3.63) is 58.9 Å². The van der Waals surface area contributed by atoms with Gasteiger partial charge in [0, 0.05) is 66.5 Å². The minimum Gasteiger partial charge on any atom is -0.497 e. The lowest BCUT2D eigenvalue weighted by Crippen LogP contribution is -2.64. The van der Waals surface area contributed by atoms with Gasteiger partial charge in [0.2, 0.25) is 0 Å². The van der Waals surface area contributed by atoms with Crippen LogP contribution >= 0.6 is 11.3 Å². The Bertz CT molecular complexity index is 2310. The van der Waals surface area contributed by atoms with E-state index in [1.165, 1.54) is 24.0 Å². The van der Waals surface area contributed by atoms with E-state index in [0.29, 0.717) is 59.1 Å². The highest BCUT2D eigenvalue weighted by Gasteiger charge is 2.66. The number of pyridine rings is 1. The molecule has 14 nitrogen and oxygen atoms in total. The molecule has 0 saturated heterocycles. The summed E-state index contributed by atoms with van der Waals surface area (Å²) in [6, 6.07) is 9.45. The molecule has 9 rings (SSSR count). The Morgan fingerprint density at radius 3 is 2.58 bits per heavy atom. The van der Waals surface area contributed by atoms with Gasteiger partial charge in [-0.3, -0.25) is 4.99 Å². The first-order chi connectivity index (χ1) is 28.8. The second kappa shape index (κ2) is 16.6. The van der Waals surface area contributed by atoms with Crippen LogP contribution in [0.15, 0.2) is 41.5 Å². The van der Waals surface area contributed by atoms with Gasteiger partial charge in [-0.1, -0.05) is 25.2 Å². The zero-order chi connectivity index (χ0) is 42.3. The molecule has 15 heteroatoms. The van der Waals surface area contributed by atoms with Crippen LogP contribution in [0, 0.1) is 23.2 Å². The number of carboxylic acid groups (broad SMARTS) is 1. The number of aromatic carboxylic acids is 1. The summed E-state index contributed by atoms with van der Waals surface area (Å²) in [7, 11) is 1.64. The molecule has 4 aliphatic carbocycles. The number of allylic oxidation sites excluding steroid dienone is 1. The molecule has 320 valence electrons. The highest BCUT2D eigenvalue weighted by molar-refractivity contribution is 7.22. The Hall–Kier alpha value is -4.70. The zero-order valence-electron chi connectivity index (χ0n) is 35.6. The number of nitrogens with two attached hydrogens (primary N) is 1. The van der Waals surface area contributed by atoms with Crippen molar-refractivity contribution in [2.45, 2.75) is 97.5 Å². The van der Waals surface area contributed by atoms with Crippen LogP contribution < -0.4 is 26.0 Å². The van der Waals surface area contributed by atoms with Gasteiger partial charge >= 0.3 is 5.97 Å². The van der Waals surface area contributed by atoms with Crippen LogP contribution in [0.3, 0.4) is 0 Å². The van der Waals surface area contributed by atoms with Crippen molar-refractivity contribution in [1.29, 1.82) is 0 Å². The number of aliphatic hydroxyl groups excluding tert-OH is 1. The van der Waals surface area contributed by atoms with Gasteiger partial charge in [0.1, 0.15) is 11.6 Å². The third-order valence-corrected chi connectivity index (χ3v) is 14.1. The quantitative estimate of drug-likeness (QED) is 0.0517. The van der Waals surface area contributed by atoms with E-state index in [-0.39, 0.29) is 34.1 Å². The standard InChI is InChI=1S/C45H59N9O5S/c1-28-31-9-8-16-54(39(31)53-52-38(28)51-41-49-34-19-30(58-5)10-12-35(34)60-41)36-13-11-32(37(50-36)40(56)57)33(20-46)29(2)48-27-44-22-42(3)21-43(4,23-44)25-45(24-42,26-44)59-18-15-47-14-6-7-17-55/h10-13,19-20,47,55H,6-9,14-18,21-27,46H2,1-5H3,(H,56,57)(H,49,51,52)/b33-20+,48-29?. The van der Waals surface area contributed by atoms with Crippen molar-refractivity contribution in [3.63, 3.8) is 0 Å². The number of aliphatic imine (C=N–C) groups is 1. The maximum atomic E-state index is 12.9. The summed E-state index contributed by atoms with van der Waals surface area (Å²) in [4.78, 5) is 29.6. The molecule has 4 saturated carbocycles. The summed E-state index contributed by atoms with van der Waals surface area (Å²) < 4.78 is 13.2. The number of aromatic nitrogens is 4. The number of anilines is 4. The van der Waals surface area contributed by atoms with Gasteiger partial charge in [0.05, 0.1) is 29.5 Å².